The third-order valence-electron chi connectivity index (χ3n) is 5.69. The second kappa shape index (κ2) is 11.2. The summed E-state index contributed by atoms with van der Waals surface area (Å²) in [5, 5.41) is 9.18. The van der Waals surface area contributed by atoms with Crippen LogP contribution in [0.15, 0.2) is 12.1 Å². The molecule has 0 bridgehead atoms. The second-order valence-corrected chi connectivity index (χ2v) is 7.72. The van der Waals surface area contributed by atoms with E-state index in [4.69, 9.17) is 4.74 Å². The lowest BCUT2D eigenvalue weighted by atomic mass is 9.76. The van der Waals surface area contributed by atoms with E-state index in [0.29, 0.717) is 17.9 Å². The van der Waals surface area contributed by atoms with Crippen LogP contribution >= 0.6 is 0 Å². The largest absolute Gasteiger partial charge is 0.493 e. The van der Waals surface area contributed by atoms with Gasteiger partial charge in [-0.25, -0.2) is 4.39 Å². The molecule has 1 fully saturated rings. The first-order valence-electron chi connectivity index (χ1n) is 10.6. The number of halogens is 1. The maximum atomic E-state index is 14.9. The Kier molecular flexibility index (Phi) is 8.95. The molecule has 144 valence electrons. The van der Waals surface area contributed by atoms with Crippen molar-refractivity contribution >= 4 is 0 Å². The van der Waals surface area contributed by atoms with Gasteiger partial charge < -0.3 is 4.74 Å². The first-order chi connectivity index (χ1) is 12.7. The number of hydrogen-bond acceptors (Lipinski definition) is 2. The minimum Gasteiger partial charge on any atom is -0.493 e. The summed E-state index contributed by atoms with van der Waals surface area (Å²) in [6, 6.07) is 5.31. The Hall–Kier alpha value is -1.56. The van der Waals surface area contributed by atoms with Crippen molar-refractivity contribution in [2.24, 2.45) is 5.92 Å². The molecule has 0 saturated heterocycles. The molecule has 1 aromatic carbocycles. The standard InChI is InChI=1S/C23H34FNO/c1-3-5-6-7-8-9-18-10-12-19(13-11-18)22-21(26-16-4-2)15-14-20(17-25)23(22)24/h14-15,18-19H,3-13,16H2,1-2H3. The fourth-order valence-corrected chi connectivity index (χ4v) is 4.16. The summed E-state index contributed by atoms with van der Waals surface area (Å²) >= 11 is 0. The van der Waals surface area contributed by atoms with Crippen LogP contribution in [0.4, 0.5) is 4.39 Å². The van der Waals surface area contributed by atoms with Crippen LogP contribution < -0.4 is 4.74 Å². The molecule has 0 atom stereocenters. The van der Waals surface area contributed by atoms with Gasteiger partial charge in [-0.2, -0.15) is 5.26 Å². The summed E-state index contributed by atoms with van der Waals surface area (Å²) in [7, 11) is 0. The fraction of sp³-hybridized carbons (Fsp3) is 0.696. The Morgan fingerprint density at radius 3 is 2.42 bits per heavy atom. The van der Waals surface area contributed by atoms with E-state index in [1.54, 1.807) is 12.1 Å². The number of rotatable bonds is 10. The second-order valence-electron chi connectivity index (χ2n) is 7.72. The average Bonchev–Trinajstić information content (AvgIpc) is 2.67. The van der Waals surface area contributed by atoms with Gasteiger partial charge in [0, 0.05) is 5.56 Å². The van der Waals surface area contributed by atoms with Gasteiger partial charge in [-0.05, 0) is 56.1 Å². The molecule has 0 amide bonds. The van der Waals surface area contributed by atoms with Crippen molar-refractivity contribution in [3.05, 3.63) is 29.1 Å². The van der Waals surface area contributed by atoms with Gasteiger partial charge in [-0.1, -0.05) is 52.4 Å². The molecule has 2 rings (SSSR count). The van der Waals surface area contributed by atoms with E-state index >= 15 is 0 Å². The van der Waals surface area contributed by atoms with Crippen LogP contribution in [0.3, 0.4) is 0 Å². The first kappa shape index (κ1) is 20.7. The fourth-order valence-electron chi connectivity index (χ4n) is 4.16. The Balaban J connectivity index is 1.96. The Labute approximate surface area is 158 Å². The van der Waals surface area contributed by atoms with Crippen molar-refractivity contribution in [1.82, 2.24) is 0 Å². The molecule has 1 saturated carbocycles. The van der Waals surface area contributed by atoms with E-state index in [1.807, 2.05) is 13.0 Å². The quantitative estimate of drug-likeness (QED) is 0.417. The summed E-state index contributed by atoms with van der Waals surface area (Å²) in [6.07, 6.45) is 13.2. The molecule has 1 aliphatic carbocycles. The molecule has 0 aromatic heterocycles. The van der Waals surface area contributed by atoms with Crippen molar-refractivity contribution in [2.75, 3.05) is 6.61 Å². The molecule has 1 aromatic rings. The minimum absolute atomic E-state index is 0.141. The van der Waals surface area contributed by atoms with E-state index in [0.717, 1.165) is 25.2 Å². The van der Waals surface area contributed by atoms with Crippen LogP contribution in [0, 0.1) is 23.1 Å². The zero-order valence-corrected chi connectivity index (χ0v) is 16.5. The SMILES string of the molecule is CCCCCCCC1CCC(c2c(OCCC)ccc(C#N)c2F)CC1. The van der Waals surface area contributed by atoms with Crippen molar-refractivity contribution in [3.63, 3.8) is 0 Å². The molecular formula is C23H34FNO. The molecule has 0 aliphatic heterocycles. The maximum absolute atomic E-state index is 14.9. The van der Waals surface area contributed by atoms with E-state index < -0.39 is 0 Å². The number of nitrogens with zero attached hydrogens (tertiary/aromatic N) is 1. The van der Waals surface area contributed by atoms with Crippen LogP contribution in [0.2, 0.25) is 0 Å². The van der Waals surface area contributed by atoms with Crippen LogP contribution in [0.25, 0.3) is 0 Å². The summed E-state index contributed by atoms with van der Waals surface area (Å²) < 4.78 is 20.7. The van der Waals surface area contributed by atoms with Crippen molar-refractivity contribution in [2.45, 2.75) is 90.4 Å². The lowest BCUT2D eigenvalue weighted by Gasteiger charge is -2.30. The maximum Gasteiger partial charge on any atom is 0.148 e. The van der Waals surface area contributed by atoms with E-state index in [-0.39, 0.29) is 17.3 Å². The van der Waals surface area contributed by atoms with Crippen LogP contribution in [0.1, 0.15) is 102 Å². The van der Waals surface area contributed by atoms with Gasteiger partial charge in [0.25, 0.3) is 0 Å². The number of hydrogen-bond donors (Lipinski definition) is 0. The van der Waals surface area contributed by atoms with Gasteiger partial charge in [0.2, 0.25) is 0 Å². The zero-order valence-electron chi connectivity index (χ0n) is 16.5. The highest BCUT2D eigenvalue weighted by Gasteiger charge is 2.28. The highest BCUT2D eigenvalue weighted by atomic mass is 19.1. The molecule has 0 spiro atoms. The molecule has 26 heavy (non-hydrogen) atoms. The predicted octanol–water partition coefficient (Wildman–Crippen LogP) is 7.12. The lowest BCUT2D eigenvalue weighted by Crippen LogP contribution is -2.16. The van der Waals surface area contributed by atoms with Gasteiger partial charge >= 0.3 is 0 Å². The van der Waals surface area contributed by atoms with Crippen LogP contribution in [0.5, 0.6) is 5.75 Å². The highest BCUT2D eigenvalue weighted by Crippen LogP contribution is 2.42. The van der Waals surface area contributed by atoms with Gasteiger partial charge in [0.05, 0.1) is 12.2 Å². The van der Waals surface area contributed by atoms with Gasteiger partial charge in [0.15, 0.2) is 0 Å². The summed E-state index contributed by atoms with van der Waals surface area (Å²) in [5.41, 5.74) is 0.792. The van der Waals surface area contributed by atoms with Crippen molar-refractivity contribution in [1.29, 1.82) is 5.26 Å². The van der Waals surface area contributed by atoms with Gasteiger partial charge in [-0.15, -0.1) is 0 Å². The molecular weight excluding hydrogens is 325 g/mol. The Morgan fingerprint density at radius 1 is 1.04 bits per heavy atom. The normalized spacial score (nSPS) is 19.9. The molecule has 0 N–H and O–H groups in total. The summed E-state index contributed by atoms with van der Waals surface area (Å²) in [5.74, 6) is 1.26. The van der Waals surface area contributed by atoms with Gasteiger partial charge in [0.1, 0.15) is 17.6 Å². The number of unbranched alkanes of at least 4 members (excludes halogenated alkanes) is 4. The predicted molar refractivity (Wildman–Crippen MR) is 105 cm³/mol. The molecule has 0 unspecified atom stereocenters. The number of ether oxygens (including phenoxy) is 1. The zero-order chi connectivity index (χ0) is 18.8. The van der Waals surface area contributed by atoms with E-state index in [1.165, 1.54) is 51.4 Å². The molecule has 2 nitrogen and oxygen atoms in total. The minimum atomic E-state index is -0.357. The summed E-state index contributed by atoms with van der Waals surface area (Å²) in [6.45, 7) is 4.89. The molecule has 1 aliphatic rings. The first-order valence-corrected chi connectivity index (χ1v) is 10.6. The third kappa shape index (κ3) is 5.73. The van der Waals surface area contributed by atoms with E-state index in [9.17, 15) is 9.65 Å². The molecule has 3 heteroatoms. The van der Waals surface area contributed by atoms with Crippen LogP contribution in [-0.2, 0) is 0 Å². The third-order valence-corrected chi connectivity index (χ3v) is 5.69. The van der Waals surface area contributed by atoms with Crippen LogP contribution in [-0.4, -0.2) is 6.61 Å². The lowest BCUT2D eigenvalue weighted by molar-refractivity contribution is 0.279. The highest BCUT2D eigenvalue weighted by molar-refractivity contribution is 5.45. The van der Waals surface area contributed by atoms with Crippen molar-refractivity contribution in [3.8, 4) is 11.8 Å². The summed E-state index contributed by atoms with van der Waals surface area (Å²) in [4.78, 5) is 0. The average molecular weight is 360 g/mol. The number of benzene rings is 1. The molecule has 0 radical (unpaired) electrons. The number of nitriles is 1. The smallest absolute Gasteiger partial charge is 0.148 e. The topological polar surface area (TPSA) is 33.0 Å². The Morgan fingerprint density at radius 2 is 1.77 bits per heavy atom. The monoisotopic (exact) mass is 359 g/mol. The van der Waals surface area contributed by atoms with E-state index in [2.05, 4.69) is 6.92 Å². The van der Waals surface area contributed by atoms with Gasteiger partial charge in [-0.3, -0.25) is 0 Å². The van der Waals surface area contributed by atoms with Crippen molar-refractivity contribution < 1.29 is 9.13 Å². The Bertz CT molecular complexity index is 585. The molecule has 0 heterocycles.